The van der Waals surface area contributed by atoms with Gasteiger partial charge < -0.3 is 5.32 Å². The molecule has 90 valence electrons. The van der Waals surface area contributed by atoms with Gasteiger partial charge in [-0.05, 0) is 31.4 Å². The van der Waals surface area contributed by atoms with Crippen molar-refractivity contribution in [1.82, 2.24) is 5.32 Å². The van der Waals surface area contributed by atoms with Crippen LogP contribution in [0.25, 0.3) is 0 Å². The smallest absolute Gasteiger partial charge is 0.0672 e. The average molecular weight is 249 g/mol. The van der Waals surface area contributed by atoms with Gasteiger partial charge in [0.25, 0.3) is 0 Å². The Labute approximate surface area is 108 Å². The van der Waals surface area contributed by atoms with Crippen LogP contribution in [0.1, 0.15) is 37.8 Å². The van der Waals surface area contributed by atoms with Crippen molar-refractivity contribution in [3.63, 3.8) is 0 Å². The van der Waals surface area contributed by atoms with E-state index in [2.05, 4.69) is 18.3 Å². The molecule has 1 fully saturated rings. The highest BCUT2D eigenvalue weighted by atomic mass is 35.5. The van der Waals surface area contributed by atoms with Crippen LogP contribution in [0.4, 0.5) is 0 Å². The second-order valence-corrected chi connectivity index (χ2v) is 5.09. The predicted octanol–water partition coefficient (Wildman–Crippen LogP) is 3.68. The third-order valence-electron chi connectivity index (χ3n) is 3.52. The number of benzene rings is 1. The first-order chi connectivity index (χ1) is 8.22. The highest BCUT2D eigenvalue weighted by Gasteiger charge is 2.28. The fourth-order valence-electron chi connectivity index (χ4n) is 2.55. The molecule has 3 atom stereocenters. The molecule has 1 aliphatic rings. The third kappa shape index (κ3) is 2.80. The summed E-state index contributed by atoms with van der Waals surface area (Å²) in [5, 5.41) is 13.4. The van der Waals surface area contributed by atoms with Crippen molar-refractivity contribution in [2.75, 3.05) is 0 Å². The van der Waals surface area contributed by atoms with Crippen LogP contribution in [0, 0.1) is 17.2 Å². The molecule has 1 aromatic carbocycles. The van der Waals surface area contributed by atoms with Crippen molar-refractivity contribution in [1.29, 1.82) is 5.26 Å². The molecule has 0 aromatic heterocycles. The minimum absolute atomic E-state index is 0.153. The molecule has 2 nitrogen and oxygen atoms in total. The maximum absolute atomic E-state index is 9.06. The number of nitrogens with zero attached hydrogens (tertiary/aromatic N) is 1. The fraction of sp³-hybridized carbons (Fsp3) is 0.500. The minimum atomic E-state index is 0.153. The molecular formula is C14H17ClN2. The molecule has 1 aromatic rings. The van der Waals surface area contributed by atoms with Gasteiger partial charge in [-0.15, -0.1) is 0 Å². The summed E-state index contributed by atoms with van der Waals surface area (Å²) in [5.41, 5.74) is 1.11. The first kappa shape index (κ1) is 12.4. The van der Waals surface area contributed by atoms with E-state index in [-0.39, 0.29) is 12.0 Å². The van der Waals surface area contributed by atoms with Crippen LogP contribution in [0.2, 0.25) is 5.02 Å². The Morgan fingerprint density at radius 2 is 2.18 bits per heavy atom. The fourth-order valence-corrected chi connectivity index (χ4v) is 2.85. The zero-order valence-electron chi connectivity index (χ0n) is 9.99. The average Bonchev–Trinajstić information content (AvgIpc) is 2.76. The van der Waals surface area contributed by atoms with E-state index in [4.69, 9.17) is 16.9 Å². The van der Waals surface area contributed by atoms with Gasteiger partial charge >= 0.3 is 0 Å². The standard InChI is InChI=1S/C14H17ClN2/c1-10(12-6-2-3-7-13(12)15)17-14-8-4-5-11(14)9-16/h2-3,6-7,10-11,14,17H,4-5,8H2,1H3. The maximum Gasteiger partial charge on any atom is 0.0672 e. The summed E-state index contributed by atoms with van der Waals surface area (Å²) < 4.78 is 0. The molecule has 17 heavy (non-hydrogen) atoms. The number of nitrogens with one attached hydrogen (secondary N) is 1. The summed E-state index contributed by atoms with van der Waals surface area (Å²) in [6.45, 7) is 2.11. The van der Waals surface area contributed by atoms with E-state index in [0.717, 1.165) is 29.8 Å². The van der Waals surface area contributed by atoms with E-state index in [1.54, 1.807) is 0 Å². The molecule has 2 rings (SSSR count). The summed E-state index contributed by atoms with van der Waals surface area (Å²) in [6.07, 6.45) is 3.25. The van der Waals surface area contributed by atoms with Crippen molar-refractivity contribution in [3.05, 3.63) is 34.9 Å². The van der Waals surface area contributed by atoms with Gasteiger partial charge in [-0.2, -0.15) is 5.26 Å². The number of halogens is 1. The van der Waals surface area contributed by atoms with E-state index in [1.807, 2.05) is 24.3 Å². The Bertz CT molecular complexity index is 424. The molecule has 1 aliphatic carbocycles. The lowest BCUT2D eigenvalue weighted by Crippen LogP contribution is -2.34. The number of nitriles is 1. The lowest BCUT2D eigenvalue weighted by Gasteiger charge is -2.22. The van der Waals surface area contributed by atoms with Gasteiger partial charge in [-0.3, -0.25) is 0 Å². The number of rotatable bonds is 3. The molecule has 0 spiro atoms. The van der Waals surface area contributed by atoms with Crippen molar-refractivity contribution in [2.24, 2.45) is 5.92 Å². The molecule has 3 heteroatoms. The van der Waals surface area contributed by atoms with Crippen LogP contribution in [-0.4, -0.2) is 6.04 Å². The highest BCUT2D eigenvalue weighted by molar-refractivity contribution is 6.31. The zero-order valence-corrected chi connectivity index (χ0v) is 10.7. The maximum atomic E-state index is 9.06. The lowest BCUT2D eigenvalue weighted by molar-refractivity contribution is 0.417. The van der Waals surface area contributed by atoms with Crippen LogP contribution in [0.5, 0.6) is 0 Å². The second-order valence-electron chi connectivity index (χ2n) is 4.68. The molecule has 1 saturated carbocycles. The van der Waals surface area contributed by atoms with E-state index >= 15 is 0 Å². The van der Waals surface area contributed by atoms with E-state index in [9.17, 15) is 0 Å². The van der Waals surface area contributed by atoms with Crippen molar-refractivity contribution in [3.8, 4) is 6.07 Å². The minimum Gasteiger partial charge on any atom is -0.306 e. The SMILES string of the molecule is CC(NC1CCCC1C#N)c1ccccc1Cl. The van der Waals surface area contributed by atoms with Gasteiger partial charge in [0.1, 0.15) is 0 Å². The summed E-state index contributed by atoms with van der Waals surface area (Å²) in [5.74, 6) is 0.153. The first-order valence-corrected chi connectivity index (χ1v) is 6.50. The largest absolute Gasteiger partial charge is 0.306 e. The molecule has 0 bridgehead atoms. The van der Waals surface area contributed by atoms with Crippen LogP contribution < -0.4 is 5.32 Å². The van der Waals surface area contributed by atoms with Crippen molar-refractivity contribution < 1.29 is 0 Å². The Kier molecular flexibility index (Phi) is 4.04. The van der Waals surface area contributed by atoms with Crippen LogP contribution in [0.3, 0.4) is 0 Å². The lowest BCUT2D eigenvalue weighted by atomic mass is 10.0. The van der Waals surface area contributed by atoms with Crippen LogP contribution in [-0.2, 0) is 0 Å². The summed E-state index contributed by atoms with van der Waals surface area (Å²) in [7, 11) is 0. The second kappa shape index (κ2) is 5.53. The molecule has 0 radical (unpaired) electrons. The molecule has 0 aliphatic heterocycles. The quantitative estimate of drug-likeness (QED) is 0.886. The molecule has 1 N–H and O–H groups in total. The molecule has 0 amide bonds. The van der Waals surface area contributed by atoms with Gasteiger partial charge in [-0.25, -0.2) is 0 Å². The van der Waals surface area contributed by atoms with Crippen LogP contribution in [0.15, 0.2) is 24.3 Å². The monoisotopic (exact) mass is 248 g/mol. The molecule has 3 unspecified atom stereocenters. The van der Waals surface area contributed by atoms with E-state index in [0.29, 0.717) is 6.04 Å². The molecule has 0 heterocycles. The number of hydrogen-bond donors (Lipinski definition) is 1. The van der Waals surface area contributed by atoms with Gasteiger partial charge in [0.2, 0.25) is 0 Å². The Morgan fingerprint density at radius 3 is 2.88 bits per heavy atom. The third-order valence-corrected chi connectivity index (χ3v) is 3.86. The van der Waals surface area contributed by atoms with Crippen molar-refractivity contribution >= 4 is 11.6 Å². The van der Waals surface area contributed by atoms with Crippen LogP contribution >= 0.6 is 11.6 Å². The van der Waals surface area contributed by atoms with Gasteiger partial charge in [-0.1, -0.05) is 36.2 Å². The molecular weight excluding hydrogens is 232 g/mol. The Morgan fingerprint density at radius 1 is 1.41 bits per heavy atom. The molecule has 0 saturated heterocycles. The normalized spacial score (nSPS) is 25.5. The highest BCUT2D eigenvalue weighted by Crippen LogP contribution is 2.29. The van der Waals surface area contributed by atoms with Gasteiger partial charge in [0.15, 0.2) is 0 Å². The van der Waals surface area contributed by atoms with E-state index < -0.39 is 0 Å². The van der Waals surface area contributed by atoms with Gasteiger partial charge in [0, 0.05) is 17.1 Å². The summed E-state index contributed by atoms with van der Waals surface area (Å²) in [6, 6.07) is 10.8. The first-order valence-electron chi connectivity index (χ1n) is 6.12. The summed E-state index contributed by atoms with van der Waals surface area (Å²) >= 11 is 6.17. The zero-order chi connectivity index (χ0) is 12.3. The Hall–Kier alpha value is -1.04. The topological polar surface area (TPSA) is 35.8 Å². The van der Waals surface area contributed by atoms with Crippen molar-refractivity contribution in [2.45, 2.75) is 38.3 Å². The van der Waals surface area contributed by atoms with Gasteiger partial charge in [0.05, 0.1) is 12.0 Å². The number of hydrogen-bond acceptors (Lipinski definition) is 2. The predicted molar refractivity (Wildman–Crippen MR) is 69.7 cm³/mol. The summed E-state index contributed by atoms with van der Waals surface area (Å²) in [4.78, 5) is 0. The Balaban J connectivity index is 2.05. The van der Waals surface area contributed by atoms with E-state index in [1.165, 1.54) is 0 Å².